The molecule has 1 atom stereocenters. The predicted octanol–water partition coefficient (Wildman–Crippen LogP) is 9.88. The highest BCUT2D eigenvalue weighted by Gasteiger charge is 2.27. The van der Waals surface area contributed by atoms with Gasteiger partial charge in [0.15, 0.2) is 0 Å². The van der Waals surface area contributed by atoms with Gasteiger partial charge in [0, 0.05) is 83.8 Å². The lowest BCUT2D eigenvalue weighted by atomic mass is 9.99. The summed E-state index contributed by atoms with van der Waals surface area (Å²) >= 11 is 7.69. The van der Waals surface area contributed by atoms with Crippen LogP contribution in [-0.4, -0.2) is 90.3 Å². The van der Waals surface area contributed by atoms with E-state index < -0.39 is 43.1 Å². The van der Waals surface area contributed by atoms with Gasteiger partial charge in [0.1, 0.15) is 5.69 Å². The Hall–Kier alpha value is -5.61. The van der Waals surface area contributed by atoms with Gasteiger partial charge in [-0.15, -0.1) is 11.8 Å². The van der Waals surface area contributed by atoms with Gasteiger partial charge in [-0.3, -0.25) is 19.8 Å². The Morgan fingerprint density at radius 1 is 0.889 bits per heavy atom. The number of nitrogens with zero attached hydrogens (tertiary/aromatic N) is 4. The van der Waals surface area contributed by atoms with Gasteiger partial charge in [0.2, 0.25) is 0 Å². The molecule has 332 valence electrons. The van der Waals surface area contributed by atoms with E-state index in [4.69, 9.17) is 11.6 Å². The van der Waals surface area contributed by atoms with Crippen LogP contribution in [0.3, 0.4) is 0 Å². The van der Waals surface area contributed by atoms with Crippen LogP contribution in [-0.2, 0) is 16.6 Å². The largest absolute Gasteiger partial charge is 0.465 e. The van der Waals surface area contributed by atoms with Crippen LogP contribution in [0.2, 0.25) is 5.02 Å². The van der Waals surface area contributed by atoms with Crippen LogP contribution in [0.25, 0.3) is 11.1 Å². The maximum atomic E-state index is 13.5. The molecule has 3 N–H and O–H groups in total. The summed E-state index contributed by atoms with van der Waals surface area (Å²) in [4.78, 5) is 43.4. The van der Waals surface area contributed by atoms with E-state index in [1.807, 2.05) is 87.5 Å². The van der Waals surface area contributed by atoms with Gasteiger partial charge in [-0.2, -0.15) is 0 Å². The minimum Gasteiger partial charge on any atom is -0.465 e. The Morgan fingerprint density at radius 3 is 2.21 bits per heavy atom. The van der Waals surface area contributed by atoms with Gasteiger partial charge in [-0.25, -0.2) is 17.9 Å². The SMILES string of the molecule is CC(C)(C)N(CCCCC(CSc1ccccc1)Nc1ccc(S(=O)(=O)NC(=O)c2ccc(N3CCN(Cc4ccccc4-c4ccc(Cl)cc4)CC3)cc2)cc1[N+](=O)[O-])C(=O)O. The lowest BCUT2D eigenvalue weighted by Gasteiger charge is -2.36. The average Bonchev–Trinajstić information content (AvgIpc) is 3.26. The quantitative estimate of drug-likeness (QED) is 0.0332. The molecule has 5 aromatic rings. The minimum absolute atomic E-state index is 0.125. The summed E-state index contributed by atoms with van der Waals surface area (Å²) in [6.45, 7) is 9.83. The highest BCUT2D eigenvalue weighted by Crippen LogP contribution is 2.31. The Labute approximate surface area is 378 Å². The van der Waals surface area contributed by atoms with Crippen molar-refractivity contribution < 1.29 is 28.0 Å². The maximum Gasteiger partial charge on any atom is 0.407 e. The number of carbonyl (C=O) groups is 2. The molecule has 1 fully saturated rings. The van der Waals surface area contributed by atoms with Gasteiger partial charge < -0.3 is 20.2 Å². The second-order valence-corrected chi connectivity index (χ2v) is 19.6. The van der Waals surface area contributed by atoms with Crippen molar-refractivity contribution in [3.8, 4) is 11.1 Å². The molecular formula is C47H53ClN6O7S2. The summed E-state index contributed by atoms with van der Waals surface area (Å²) < 4.78 is 29.0. The van der Waals surface area contributed by atoms with Crippen LogP contribution in [0.4, 0.5) is 21.9 Å². The summed E-state index contributed by atoms with van der Waals surface area (Å²) in [6.07, 6.45) is 0.792. The standard InChI is InChI=1S/C47H53ClN6O7S2/c1-47(2,3)53(46(56)57)26-10-9-12-38(33-62-40-13-5-4-6-14-40)49-43-25-24-41(31-44(43)54(58)59)63(60,61)50-45(55)35-18-22-39(23-19-35)52-29-27-51(28-30-52)32-36-11-7-8-15-42(36)34-16-20-37(48)21-17-34/h4-8,11,13-25,31,38,49H,9-10,12,26-30,32-33H2,1-3H3,(H,50,55)(H,56,57). The van der Waals surface area contributed by atoms with Crippen LogP contribution in [0.5, 0.6) is 0 Å². The lowest BCUT2D eigenvalue weighted by Crippen LogP contribution is -2.46. The second-order valence-electron chi connectivity index (χ2n) is 16.4. The molecule has 0 aromatic heterocycles. The molecule has 6 rings (SSSR count). The molecule has 16 heteroatoms. The van der Waals surface area contributed by atoms with E-state index in [1.54, 1.807) is 36.0 Å². The number of halogens is 1. The predicted molar refractivity (Wildman–Crippen MR) is 251 cm³/mol. The molecule has 1 heterocycles. The van der Waals surface area contributed by atoms with Crippen LogP contribution in [0, 0.1) is 10.1 Å². The van der Waals surface area contributed by atoms with E-state index in [0.717, 1.165) is 54.9 Å². The fourth-order valence-corrected chi connectivity index (χ4v) is 9.61. The topological polar surface area (TPSA) is 165 Å². The molecule has 1 aliphatic rings. The second kappa shape index (κ2) is 21.2. The summed E-state index contributed by atoms with van der Waals surface area (Å²) in [5.74, 6) is -0.323. The monoisotopic (exact) mass is 912 g/mol. The molecule has 0 bridgehead atoms. The van der Waals surface area contributed by atoms with Crippen molar-refractivity contribution in [2.45, 2.75) is 68.0 Å². The zero-order valence-electron chi connectivity index (χ0n) is 35.6. The number of piperazine rings is 1. The fourth-order valence-electron chi connectivity index (χ4n) is 7.50. The fraction of sp³-hybridized carbons (Fsp3) is 0.319. The molecule has 2 amide bonds. The summed E-state index contributed by atoms with van der Waals surface area (Å²) in [5.41, 5.74) is 3.66. The average molecular weight is 914 g/mol. The number of sulfonamides is 1. The Morgan fingerprint density at radius 2 is 1.56 bits per heavy atom. The summed E-state index contributed by atoms with van der Waals surface area (Å²) in [7, 11) is -4.50. The molecule has 1 unspecified atom stereocenters. The van der Waals surface area contributed by atoms with Crippen molar-refractivity contribution in [3.63, 3.8) is 0 Å². The first-order valence-electron chi connectivity index (χ1n) is 20.8. The van der Waals surface area contributed by atoms with Crippen molar-refractivity contribution in [2.75, 3.05) is 48.7 Å². The number of nitro groups is 1. The van der Waals surface area contributed by atoms with E-state index in [2.05, 4.69) is 32.0 Å². The van der Waals surface area contributed by atoms with Crippen molar-refractivity contribution in [1.29, 1.82) is 0 Å². The highest BCUT2D eigenvalue weighted by molar-refractivity contribution is 7.99. The third-order valence-corrected chi connectivity index (χ3v) is 13.7. The van der Waals surface area contributed by atoms with Gasteiger partial charge in [-0.05, 0) is 117 Å². The summed E-state index contributed by atoms with van der Waals surface area (Å²) in [6, 6.07) is 35.9. The van der Waals surface area contributed by atoms with E-state index in [0.29, 0.717) is 36.6 Å². The Bertz CT molecular complexity index is 2460. The molecule has 0 saturated carbocycles. The first kappa shape index (κ1) is 46.9. The molecule has 1 aliphatic heterocycles. The minimum atomic E-state index is -4.50. The maximum absolute atomic E-state index is 13.5. The number of amides is 2. The zero-order valence-corrected chi connectivity index (χ0v) is 38.0. The van der Waals surface area contributed by atoms with Crippen LogP contribution >= 0.6 is 23.4 Å². The van der Waals surface area contributed by atoms with Gasteiger partial charge in [0.05, 0.1) is 9.82 Å². The molecule has 0 spiro atoms. The zero-order chi connectivity index (χ0) is 45.1. The van der Waals surface area contributed by atoms with Crippen molar-refractivity contribution in [1.82, 2.24) is 14.5 Å². The smallest absolute Gasteiger partial charge is 0.407 e. The van der Waals surface area contributed by atoms with Crippen molar-refractivity contribution in [2.24, 2.45) is 0 Å². The number of anilines is 2. The molecule has 0 aliphatic carbocycles. The molecular weight excluding hydrogens is 860 g/mol. The number of unbranched alkanes of at least 4 members (excludes halogenated alkanes) is 1. The number of rotatable bonds is 18. The van der Waals surface area contributed by atoms with Crippen molar-refractivity contribution >= 4 is 62.4 Å². The van der Waals surface area contributed by atoms with E-state index in [1.165, 1.54) is 28.2 Å². The highest BCUT2D eigenvalue weighted by atomic mass is 35.5. The lowest BCUT2D eigenvalue weighted by molar-refractivity contribution is -0.384. The molecule has 0 radical (unpaired) electrons. The summed E-state index contributed by atoms with van der Waals surface area (Å²) in [5, 5.41) is 26.0. The van der Waals surface area contributed by atoms with Gasteiger partial charge >= 0.3 is 6.09 Å². The first-order chi connectivity index (χ1) is 30.1. The number of nitrogens with one attached hydrogen (secondary N) is 2. The molecule has 5 aromatic carbocycles. The molecule has 63 heavy (non-hydrogen) atoms. The molecule has 1 saturated heterocycles. The third kappa shape index (κ3) is 13.0. The Kier molecular flexibility index (Phi) is 15.8. The number of carbonyl (C=O) groups excluding carboxylic acids is 1. The molecule has 13 nitrogen and oxygen atoms in total. The number of thioether (sulfide) groups is 1. The third-order valence-electron chi connectivity index (χ3n) is 10.9. The Balaban J connectivity index is 1.06. The number of carboxylic acid groups (broad SMARTS) is 1. The normalized spacial score (nSPS) is 13.9. The van der Waals surface area contributed by atoms with Crippen LogP contribution in [0.1, 0.15) is 56.0 Å². The van der Waals surface area contributed by atoms with E-state index in [-0.39, 0.29) is 17.3 Å². The van der Waals surface area contributed by atoms with Crippen LogP contribution < -0.4 is 14.9 Å². The van der Waals surface area contributed by atoms with Crippen LogP contribution in [0.15, 0.2) is 131 Å². The van der Waals surface area contributed by atoms with Gasteiger partial charge in [0.25, 0.3) is 21.6 Å². The number of hydrogen-bond acceptors (Lipinski definition) is 10. The van der Waals surface area contributed by atoms with E-state index >= 15 is 0 Å². The number of nitro benzene ring substituents is 1. The van der Waals surface area contributed by atoms with Crippen molar-refractivity contribution in [3.05, 3.63) is 148 Å². The van der Waals surface area contributed by atoms with Gasteiger partial charge in [-0.1, -0.05) is 66.2 Å². The first-order valence-corrected chi connectivity index (χ1v) is 23.6. The number of benzene rings is 5. The van der Waals surface area contributed by atoms with E-state index in [9.17, 15) is 33.2 Å². The number of hydrogen-bond donors (Lipinski definition) is 3.